The van der Waals surface area contributed by atoms with Crippen LogP contribution in [0.25, 0.3) is 0 Å². The lowest BCUT2D eigenvalue weighted by Gasteiger charge is -2.10. The van der Waals surface area contributed by atoms with E-state index < -0.39 is 5.92 Å². The Kier molecular flexibility index (Phi) is 3.58. The average Bonchev–Trinajstić information content (AvgIpc) is 2.85. The van der Waals surface area contributed by atoms with Gasteiger partial charge in [-0.15, -0.1) is 0 Å². The highest BCUT2D eigenvalue weighted by Crippen LogP contribution is 2.39. The third-order valence-electron chi connectivity index (χ3n) is 3.21. The molecule has 1 unspecified atom stereocenters. The van der Waals surface area contributed by atoms with Gasteiger partial charge in [-0.05, 0) is 30.8 Å². The van der Waals surface area contributed by atoms with Crippen LogP contribution in [0.4, 0.5) is 8.78 Å². The zero-order chi connectivity index (χ0) is 13.2. The second kappa shape index (κ2) is 4.99. The van der Waals surface area contributed by atoms with Gasteiger partial charge in [0.2, 0.25) is 5.92 Å². The first-order valence-electron chi connectivity index (χ1n) is 5.93. The van der Waals surface area contributed by atoms with Crippen molar-refractivity contribution in [1.29, 1.82) is 0 Å². The standard InChI is InChI=1S/C11H15F2N3O2/c1-7-9(16-18-15-7)10(17)14-5-3-8-2-4-11(12,13)6-8/h8H,2-6H2,1H3,(H,14,17). The Bertz CT molecular complexity index is 434. The second-order valence-electron chi connectivity index (χ2n) is 4.71. The third kappa shape index (κ3) is 3.02. The molecule has 1 saturated carbocycles. The molecule has 1 heterocycles. The zero-order valence-electron chi connectivity index (χ0n) is 10.1. The summed E-state index contributed by atoms with van der Waals surface area (Å²) in [4.78, 5) is 11.6. The maximum atomic E-state index is 12.9. The summed E-state index contributed by atoms with van der Waals surface area (Å²) in [7, 11) is 0. The maximum absolute atomic E-state index is 12.9. The van der Waals surface area contributed by atoms with E-state index in [2.05, 4.69) is 20.3 Å². The van der Waals surface area contributed by atoms with E-state index in [1.54, 1.807) is 6.92 Å². The number of hydrogen-bond donors (Lipinski definition) is 1. The van der Waals surface area contributed by atoms with Crippen molar-refractivity contribution in [2.24, 2.45) is 5.92 Å². The molecule has 0 saturated heterocycles. The van der Waals surface area contributed by atoms with Crippen molar-refractivity contribution in [1.82, 2.24) is 15.6 Å². The number of carbonyl (C=O) groups excluding carboxylic acids is 1. The fourth-order valence-corrected chi connectivity index (χ4v) is 2.20. The van der Waals surface area contributed by atoms with Gasteiger partial charge < -0.3 is 5.32 Å². The molecular weight excluding hydrogens is 244 g/mol. The van der Waals surface area contributed by atoms with Crippen molar-refractivity contribution in [3.05, 3.63) is 11.4 Å². The molecule has 1 aromatic rings. The van der Waals surface area contributed by atoms with Gasteiger partial charge in [0, 0.05) is 19.4 Å². The third-order valence-corrected chi connectivity index (χ3v) is 3.21. The summed E-state index contributed by atoms with van der Waals surface area (Å²) in [5.74, 6) is -2.92. The number of alkyl halides is 2. The van der Waals surface area contributed by atoms with Gasteiger partial charge in [0.1, 0.15) is 5.69 Å². The van der Waals surface area contributed by atoms with Crippen LogP contribution in [0.2, 0.25) is 0 Å². The van der Waals surface area contributed by atoms with Crippen LogP contribution in [-0.4, -0.2) is 28.7 Å². The molecule has 1 aliphatic rings. The first-order valence-corrected chi connectivity index (χ1v) is 5.93. The van der Waals surface area contributed by atoms with Gasteiger partial charge in [0.05, 0.1) is 0 Å². The van der Waals surface area contributed by atoms with E-state index in [9.17, 15) is 13.6 Å². The van der Waals surface area contributed by atoms with Gasteiger partial charge in [-0.2, -0.15) is 0 Å². The minimum atomic E-state index is -2.53. The second-order valence-corrected chi connectivity index (χ2v) is 4.71. The summed E-state index contributed by atoms with van der Waals surface area (Å²) < 4.78 is 30.3. The van der Waals surface area contributed by atoms with E-state index in [0.717, 1.165) is 0 Å². The Morgan fingerprint density at radius 3 is 2.89 bits per heavy atom. The highest BCUT2D eigenvalue weighted by molar-refractivity contribution is 5.92. The molecule has 1 aromatic heterocycles. The number of halogens is 2. The zero-order valence-corrected chi connectivity index (χ0v) is 10.1. The molecule has 1 aliphatic carbocycles. The Morgan fingerprint density at radius 2 is 2.33 bits per heavy atom. The van der Waals surface area contributed by atoms with Crippen LogP contribution in [0.15, 0.2) is 4.63 Å². The molecule has 1 amide bonds. The summed E-state index contributed by atoms with van der Waals surface area (Å²) >= 11 is 0. The monoisotopic (exact) mass is 259 g/mol. The Morgan fingerprint density at radius 1 is 1.56 bits per heavy atom. The van der Waals surface area contributed by atoms with Gasteiger partial charge in [0.15, 0.2) is 5.69 Å². The van der Waals surface area contributed by atoms with Crippen molar-refractivity contribution in [2.75, 3.05) is 6.54 Å². The van der Waals surface area contributed by atoms with Crippen molar-refractivity contribution in [3.63, 3.8) is 0 Å². The van der Waals surface area contributed by atoms with Crippen LogP contribution in [-0.2, 0) is 0 Å². The molecule has 1 atom stereocenters. The number of hydrogen-bond acceptors (Lipinski definition) is 4. The molecule has 0 aromatic carbocycles. The molecule has 0 aliphatic heterocycles. The van der Waals surface area contributed by atoms with Gasteiger partial charge >= 0.3 is 0 Å². The Balaban J connectivity index is 1.73. The molecule has 0 bridgehead atoms. The smallest absolute Gasteiger partial charge is 0.275 e. The topological polar surface area (TPSA) is 68.0 Å². The minimum Gasteiger partial charge on any atom is -0.351 e. The molecule has 7 heteroatoms. The molecule has 18 heavy (non-hydrogen) atoms. The number of aryl methyl sites for hydroxylation is 1. The van der Waals surface area contributed by atoms with Crippen molar-refractivity contribution < 1.29 is 18.2 Å². The fraction of sp³-hybridized carbons (Fsp3) is 0.727. The van der Waals surface area contributed by atoms with Gasteiger partial charge in [0.25, 0.3) is 5.91 Å². The molecule has 5 nitrogen and oxygen atoms in total. The summed E-state index contributed by atoms with van der Waals surface area (Å²) in [6.07, 6.45) is 0.963. The highest BCUT2D eigenvalue weighted by atomic mass is 19.3. The highest BCUT2D eigenvalue weighted by Gasteiger charge is 2.38. The van der Waals surface area contributed by atoms with E-state index in [1.165, 1.54) is 0 Å². The quantitative estimate of drug-likeness (QED) is 0.897. The van der Waals surface area contributed by atoms with E-state index in [-0.39, 0.29) is 30.4 Å². The van der Waals surface area contributed by atoms with Crippen molar-refractivity contribution >= 4 is 5.91 Å². The molecule has 100 valence electrons. The van der Waals surface area contributed by atoms with E-state index in [4.69, 9.17) is 0 Å². The van der Waals surface area contributed by atoms with Crippen LogP contribution < -0.4 is 5.32 Å². The maximum Gasteiger partial charge on any atom is 0.275 e. The number of amides is 1. The summed E-state index contributed by atoms with van der Waals surface area (Å²) in [5, 5.41) is 9.60. The fourth-order valence-electron chi connectivity index (χ4n) is 2.20. The van der Waals surface area contributed by atoms with Gasteiger partial charge in [-0.3, -0.25) is 4.79 Å². The van der Waals surface area contributed by atoms with E-state index >= 15 is 0 Å². The number of nitrogens with one attached hydrogen (secondary N) is 1. The van der Waals surface area contributed by atoms with Crippen LogP contribution in [0.5, 0.6) is 0 Å². The number of aromatic nitrogens is 2. The summed E-state index contributed by atoms with van der Waals surface area (Å²) in [6, 6.07) is 0. The average molecular weight is 259 g/mol. The van der Waals surface area contributed by atoms with Gasteiger partial charge in [-0.25, -0.2) is 13.4 Å². The van der Waals surface area contributed by atoms with Crippen LogP contribution in [0.1, 0.15) is 41.9 Å². The normalized spacial score (nSPS) is 22.1. The van der Waals surface area contributed by atoms with E-state index in [0.29, 0.717) is 25.1 Å². The molecular formula is C11H15F2N3O2. The minimum absolute atomic E-state index is 0.0168. The molecule has 0 spiro atoms. The van der Waals surface area contributed by atoms with Crippen LogP contribution in [0.3, 0.4) is 0 Å². The van der Waals surface area contributed by atoms with Crippen LogP contribution >= 0.6 is 0 Å². The van der Waals surface area contributed by atoms with Gasteiger partial charge in [-0.1, -0.05) is 5.16 Å². The number of carbonyl (C=O) groups is 1. The molecule has 1 fully saturated rings. The van der Waals surface area contributed by atoms with Crippen molar-refractivity contribution in [3.8, 4) is 0 Å². The SMILES string of the molecule is Cc1nonc1C(=O)NCCC1CCC(F)(F)C1. The predicted molar refractivity (Wildman–Crippen MR) is 58.3 cm³/mol. The first-order chi connectivity index (χ1) is 8.48. The van der Waals surface area contributed by atoms with E-state index in [1.807, 2.05) is 0 Å². The lowest BCUT2D eigenvalue weighted by atomic mass is 10.0. The first kappa shape index (κ1) is 12.9. The van der Waals surface area contributed by atoms with Crippen LogP contribution in [0, 0.1) is 12.8 Å². The lowest BCUT2D eigenvalue weighted by molar-refractivity contribution is 0.00478. The van der Waals surface area contributed by atoms with Crippen molar-refractivity contribution in [2.45, 2.75) is 38.5 Å². The Labute approximate surface area is 103 Å². The predicted octanol–water partition coefficient (Wildman–Crippen LogP) is 1.93. The summed E-state index contributed by atoms with van der Waals surface area (Å²) in [5.41, 5.74) is 0.562. The molecule has 0 radical (unpaired) electrons. The summed E-state index contributed by atoms with van der Waals surface area (Å²) in [6.45, 7) is 1.98. The largest absolute Gasteiger partial charge is 0.351 e. The number of rotatable bonds is 4. The Hall–Kier alpha value is -1.53. The number of nitrogens with zero attached hydrogens (tertiary/aromatic N) is 2. The lowest BCUT2D eigenvalue weighted by Crippen LogP contribution is -2.26. The molecule has 1 N–H and O–H groups in total. The molecule has 2 rings (SSSR count).